The normalized spacial score (nSPS) is 17.2. The summed E-state index contributed by atoms with van der Waals surface area (Å²) >= 11 is 1.41. The Morgan fingerprint density at radius 2 is 2.31 bits per heavy atom. The van der Waals surface area contributed by atoms with Crippen LogP contribution in [0.4, 0.5) is 0 Å². The molecule has 1 fully saturated rings. The Labute approximate surface area is 98.2 Å². The van der Waals surface area contributed by atoms with Gasteiger partial charge in [0.15, 0.2) is 5.16 Å². The molecule has 0 unspecified atom stereocenters. The molecule has 7 heteroatoms. The van der Waals surface area contributed by atoms with Crippen LogP contribution in [0.2, 0.25) is 0 Å². The number of aromatic nitrogens is 3. The molecule has 0 amide bonds. The lowest BCUT2D eigenvalue weighted by Gasteiger charge is -2.26. The Kier molecular flexibility index (Phi) is 4.16. The highest BCUT2D eigenvalue weighted by atomic mass is 32.2. The van der Waals surface area contributed by atoms with E-state index in [1.807, 2.05) is 4.68 Å². The van der Waals surface area contributed by atoms with Crippen LogP contribution in [0.25, 0.3) is 0 Å². The molecule has 2 rings (SSSR count). The average molecular weight is 239 g/mol. The second-order valence-electron chi connectivity index (χ2n) is 3.36. The van der Waals surface area contributed by atoms with Crippen LogP contribution in [0, 0.1) is 11.3 Å². The lowest BCUT2D eigenvalue weighted by Crippen LogP contribution is -2.37. The van der Waals surface area contributed by atoms with Crippen LogP contribution >= 0.6 is 11.8 Å². The minimum atomic E-state index is 0.405. The molecule has 0 N–H and O–H groups in total. The first-order valence-electron chi connectivity index (χ1n) is 5.08. The van der Waals surface area contributed by atoms with Crippen LogP contribution in [0.15, 0.2) is 11.5 Å². The number of thioether (sulfide) groups is 1. The first kappa shape index (κ1) is 11.4. The summed E-state index contributed by atoms with van der Waals surface area (Å²) in [6.45, 7) is 4.10. The Morgan fingerprint density at radius 1 is 1.50 bits per heavy atom. The van der Waals surface area contributed by atoms with Crippen molar-refractivity contribution in [3.63, 3.8) is 0 Å². The van der Waals surface area contributed by atoms with Gasteiger partial charge in [-0.3, -0.25) is 4.90 Å². The zero-order valence-electron chi connectivity index (χ0n) is 8.87. The fraction of sp³-hybridized carbons (Fsp3) is 0.667. The summed E-state index contributed by atoms with van der Waals surface area (Å²) in [6, 6.07) is 2.09. The third-order valence-electron chi connectivity index (χ3n) is 2.28. The molecule has 0 atom stereocenters. The largest absolute Gasteiger partial charge is 0.379 e. The minimum Gasteiger partial charge on any atom is -0.379 e. The summed E-state index contributed by atoms with van der Waals surface area (Å²) in [5, 5.41) is 13.5. The summed E-state index contributed by atoms with van der Waals surface area (Å²) in [5.74, 6) is 0.405. The molecule has 0 aliphatic carbocycles. The highest BCUT2D eigenvalue weighted by Crippen LogP contribution is 2.14. The Bertz CT molecular complexity index is 368. The SMILES string of the molecule is N#CCSc1ncnn1CN1CCOCC1. The van der Waals surface area contributed by atoms with Gasteiger partial charge in [-0.2, -0.15) is 10.4 Å². The third kappa shape index (κ3) is 2.95. The van der Waals surface area contributed by atoms with Crippen LogP contribution in [0.5, 0.6) is 0 Å². The maximum absolute atomic E-state index is 8.52. The van der Waals surface area contributed by atoms with E-state index in [0.29, 0.717) is 5.75 Å². The minimum absolute atomic E-state index is 0.405. The topological polar surface area (TPSA) is 67.0 Å². The number of morpholine rings is 1. The summed E-state index contributed by atoms with van der Waals surface area (Å²) in [4.78, 5) is 6.38. The molecule has 0 aromatic carbocycles. The van der Waals surface area contributed by atoms with E-state index in [1.54, 1.807) is 0 Å². The van der Waals surface area contributed by atoms with Crippen LogP contribution in [0.3, 0.4) is 0 Å². The van der Waals surface area contributed by atoms with Gasteiger partial charge in [-0.15, -0.1) is 0 Å². The van der Waals surface area contributed by atoms with Gasteiger partial charge < -0.3 is 4.74 Å². The summed E-state index contributed by atoms with van der Waals surface area (Å²) in [7, 11) is 0. The van der Waals surface area contributed by atoms with Crippen molar-refractivity contribution in [1.29, 1.82) is 5.26 Å². The number of rotatable bonds is 4. The van der Waals surface area contributed by atoms with Gasteiger partial charge in [-0.1, -0.05) is 11.8 Å². The van der Waals surface area contributed by atoms with Crippen molar-refractivity contribution in [3.05, 3.63) is 6.33 Å². The van der Waals surface area contributed by atoms with Crippen molar-refractivity contribution >= 4 is 11.8 Å². The van der Waals surface area contributed by atoms with Crippen molar-refractivity contribution in [3.8, 4) is 6.07 Å². The Morgan fingerprint density at radius 3 is 3.06 bits per heavy atom. The fourth-order valence-electron chi connectivity index (χ4n) is 1.49. The lowest BCUT2D eigenvalue weighted by molar-refractivity contribution is 0.0196. The van der Waals surface area contributed by atoms with E-state index in [4.69, 9.17) is 10.00 Å². The summed E-state index contributed by atoms with van der Waals surface area (Å²) in [5.41, 5.74) is 0. The number of nitriles is 1. The molecule has 1 aliphatic rings. The van der Waals surface area contributed by atoms with Gasteiger partial charge in [0.05, 0.1) is 31.7 Å². The van der Waals surface area contributed by atoms with Gasteiger partial charge >= 0.3 is 0 Å². The van der Waals surface area contributed by atoms with Crippen molar-refractivity contribution in [1.82, 2.24) is 19.7 Å². The second-order valence-corrected chi connectivity index (χ2v) is 4.30. The predicted octanol–water partition coefficient (Wildman–Crippen LogP) is 0.183. The first-order valence-corrected chi connectivity index (χ1v) is 6.06. The number of nitrogens with zero attached hydrogens (tertiary/aromatic N) is 5. The van der Waals surface area contributed by atoms with E-state index in [2.05, 4.69) is 21.1 Å². The maximum atomic E-state index is 8.52. The van der Waals surface area contributed by atoms with Crippen LogP contribution in [-0.2, 0) is 11.4 Å². The molecule has 86 valence electrons. The van der Waals surface area contributed by atoms with E-state index in [9.17, 15) is 0 Å². The molecule has 0 radical (unpaired) electrons. The highest BCUT2D eigenvalue weighted by Gasteiger charge is 2.13. The van der Waals surface area contributed by atoms with E-state index in [0.717, 1.165) is 38.1 Å². The lowest BCUT2D eigenvalue weighted by atomic mass is 10.4. The molecule has 6 nitrogen and oxygen atoms in total. The van der Waals surface area contributed by atoms with E-state index in [1.165, 1.54) is 18.1 Å². The summed E-state index contributed by atoms with van der Waals surface area (Å²) < 4.78 is 7.11. The van der Waals surface area contributed by atoms with Gasteiger partial charge in [0.2, 0.25) is 0 Å². The first-order chi connectivity index (χ1) is 7.90. The van der Waals surface area contributed by atoms with Crippen LogP contribution in [-0.4, -0.2) is 51.7 Å². The smallest absolute Gasteiger partial charge is 0.188 e. The van der Waals surface area contributed by atoms with Crippen molar-refractivity contribution in [2.45, 2.75) is 11.8 Å². The second kappa shape index (κ2) is 5.84. The maximum Gasteiger partial charge on any atom is 0.188 e. The van der Waals surface area contributed by atoms with E-state index < -0.39 is 0 Å². The molecule has 1 aliphatic heterocycles. The monoisotopic (exact) mass is 239 g/mol. The number of ether oxygens (including phenoxy) is 1. The van der Waals surface area contributed by atoms with Gasteiger partial charge in [-0.25, -0.2) is 9.67 Å². The quantitative estimate of drug-likeness (QED) is 0.698. The van der Waals surface area contributed by atoms with E-state index in [-0.39, 0.29) is 0 Å². The molecule has 0 spiro atoms. The summed E-state index contributed by atoms with van der Waals surface area (Å²) in [6.07, 6.45) is 1.53. The Balaban J connectivity index is 1.92. The molecular weight excluding hydrogens is 226 g/mol. The van der Waals surface area contributed by atoms with Crippen molar-refractivity contribution < 1.29 is 4.74 Å². The van der Waals surface area contributed by atoms with Gasteiger partial charge in [-0.05, 0) is 0 Å². The van der Waals surface area contributed by atoms with Crippen LogP contribution in [0.1, 0.15) is 0 Å². The van der Waals surface area contributed by atoms with E-state index >= 15 is 0 Å². The molecule has 16 heavy (non-hydrogen) atoms. The fourth-order valence-corrected chi connectivity index (χ4v) is 2.06. The zero-order chi connectivity index (χ0) is 11.2. The number of hydrogen-bond donors (Lipinski definition) is 0. The van der Waals surface area contributed by atoms with Crippen molar-refractivity contribution in [2.75, 3.05) is 32.1 Å². The standard InChI is InChI=1S/C9H13N5OS/c10-1-6-16-9-11-7-12-14(9)8-13-2-4-15-5-3-13/h7H,2-6,8H2. The predicted molar refractivity (Wildman–Crippen MR) is 58.8 cm³/mol. The molecule has 0 saturated carbocycles. The average Bonchev–Trinajstić information content (AvgIpc) is 2.75. The molecule has 0 bridgehead atoms. The molecule has 2 heterocycles. The highest BCUT2D eigenvalue weighted by molar-refractivity contribution is 7.99. The van der Waals surface area contributed by atoms with Crippen molar-refractivity contribution in [2.24, 2.45) is 0 Å². The molecular formula is C9H13N5OS. The number of hydrogen-bond acceptors (Lipinski definition) is 6. The molecule has 1 aromatic heterocycles. The molecule has 1 saturated heterocycles. The Hall–Kier alpha value is -1.10. The molecule has 1 aromatic rings. The van der Waals surface area contributed by atoms with Gasteiger partial charge in [0, 0.05) is 13.1 Å². The zero-order valence-corrected chi connectivity index (χ0v) is 9.69. The van der Waals surface area contributed by atoms with Gasteiger partial charge in [0.25, 0.3) is 0 Å². The van der Waals surface area contributed by atoms with Crippen LogP contribution < -0.4 is 0 Å². The third-order valence-corrected chi connectivity index (χ3v) is 3.13. The van der Waals surface area contributed by atoms with Gasteiger partial charge in [0.1, 0.15) is 6.33 Å².